The first-order valence-electron chi connectivity index (χ1n) is 14.2. The number of rotatable bonds is 8. The van der Waals surface area contributed by atoms with E-state index in [1.54, 1.807) is 25.6 Å². The highest BCUT2D eigenvalue weighted by atomic mass is 32.1. The molecule has 1 aromatic heterocycles. The van der Waals surface area contributed by atoms with Gasteiger partial charge in [0.1, 0.15) is 23.7 Å². The van der Waals surface area contributed by atoms with Crippen LogP contribution in [0.25, 0.3) is 11.3 Å². The maximum absolute atomic E-state index is 12.8. The number of fused-ring (bicyclic) bond motifs is 1. The van der Waals surface area contributed by atoms with Gasteiger partial charge in [0.2, 0.25) is 0 Å². The maximum Gasteiger partial charge on any atom is 0.312 e. The van der Waals surface area contributed by atoms with Crippen LogP contribution in [0, 0.1) is 12.8 Å². The van der Waals surface area contributed by atoms with Crippen LogP contribution in [0.1, 0.15) is 49.4 Å². The van der Waals surface area contributed by atoms with Crippen LogP contribution in [-0.2, 0) is 33.8 Å². The lowest BCUT2D eigenvalue weighted by molar-refractivity contribution is -0.165. The number of carbonyl (C=O) groups is 1. The second-order valence-electron chi connectivity index (χ2n) is 11.8. The fraction of sp³-hybridized carbons (Fsp3) is 0.500. The number of aromatic nitrogens is 1. The molecular weight excluding hydrogens is 538 g/mol. The molecule has 3 aromatic rings. The van der Waals surface area contributed by atoms with Gasteiger partial charge in [-0.25, -0.2) is 4.98 Å². The Kier molecular flexibility index (Phi) is 8.87. The van der Waals surface area contributed by atoms with E-state index in [0.29, 0.717) is 26.1 Å². The average molecular weight is 580 g/mol. The van der Waals surface area contributed by atoms with Crippen molar-refractivity contribution in [1.82, 2.24) is 10.3 Å². The number of aryl methyl sites for hydroxylation is 1. The number of anilines is 1. The van der Waals surface area contributed by atoms with E-state index in [9.17, 15) is 4.79 Å². The molecule has 0 amide bonds. The number of hydrogen-bond donors (Lipinski definition) is 1. The van der Waals surface area contributed by atoms with E-state index >= 15 is 0 Å². The molecule has 1 saturated heterocycles. The molecule has 220 valence electrons. The number of nitrogens with zero attached hydrogens (tertiary/aromatic N) is 2. The summed E-state index contributed by atoms with van der Waals surface area (Å²) in [5.41, 5.74) is 6.03. The summed E-state index contributed by atoms with van der Waals surface area (Å²) in [7, 11) is 3.38. The van der Waals surface area contributed by atoms with Crippen LogP contribution in [-0.4, -0.2) is 56.5 Å². The van der Waals surface area contributed by atoms with E-state index in [1.165, 1.54) is 11.1 Å². The average Bonchev–Trinajstić information content (AvgIpc) is 3.45. The number of nitrogens with one attached hydrogen (secondary N) is 1. The van der Waals surface area contributed by atoms with Crippen molar-refractivity contribution in [3.63, 3.8) is 0 Å². The highest BCUT2D eigenvalue weighted by Crippen LogP contribution is 2.38. The van der Waals surface area contributed by atoms with Crippen molar-refractivity contribution in [1.29, 1.82) is 0 Å². The molecule has 2 aromatic carbocycles. The van der Waals surface area contributed by atoms with Gasteiger partial charge >= 0.3 is 5.97 Å². The Labute approximate surface area is 247 Å². The van der Waals surface area contributed by atoms with Gasteiger partial charge in [-0.3, -0.25) is 4.79 Å². The molecule has 2 atom stereocenters. The van der Waals surface area contributed by atoms with Crippen LogP contribution >= 0.6 is 11.3 Å². The maximum atomic E-state index is 12.8. The van der Waals surface area contributed by atoms with Crippen molar-refractivity contribution in [3.8, 4) is 22.8 Å². The highest BCUT2D eigenvalue weighted by Gasteiger charge is 2.38. The molecule has 0 spiro atoms. The number of carbonyl (C=O) groups excluding carboxylic acids is 1. The van der Waals surface area contributed by atoms with Crippen molar-refractivity contribution in [2.75, 3.05) is 38.8 Å². The minimum Gasteiger partial charge on any atom is -0.496 e. The van der Waals surface area contributed by atoms with Gasteiger partial charge in [-0.1, -0.05) is 18.2 Å². The first kappa shape index (κ1) is 29.4. The number of esters is 1. The highest BCUT2D eigenvalue weighted by molar-refractivity contribution is 7.14. The molecular formula is C32H41N3O5S. The first-order chi connectivity index (χ1) is 19.7. The summed E-state index contributed by atoms with van der Waals surface area (Å²) in [6, 6.07) is 10.5. The normalized spacial score (nSPS) is 19.0. The van der Waals surface area contributed by atoms with E-state index in [-0.39, 0.29) is 18.0 Å². The zero-order valence-corrected chi connectivity index (χ0v) is 25.7. The molecule has 0 saturated carbocycles. The standard InChI is InChI=1S/C32H41N3O5S/c1-20-8-7-9-23(29(20)39-18-21-14-22-10-12-33-16-25(22)27(15-21)37-5)26-19-41-31(34-26)35-13-11-24(28(17-35)38-6)30(36)40-32(2,3)4/h7-9,14-15,19,24,28,33H,10-13,16-18H2,1-6H3/t24-,28+/m1/s1. The number of para-hydroxylation sites is 1. The van der Waals surface area contributed by atoms with Gasteiger partial charge in [0.25, 0.3) is 0 Å². The van der Waals surface area contributed by atoms with Crippen LogP contribution in [0.4, 0.5) is 5.13 Å². The molecule has 0 aliphatic carbocycles. The predicted octanol–water partition coefficient (Wildman–Crippen LogP) is 5.53. The molecule has 0 radical (unpaired) electrons. The predicted molar refractivity (Wildman–Crippen MR) is 162 cm³/mol. The Morgan fingerprint density at radius 3 is 2.80 bits per heavy atom. The van der Waals surface area contributed by atoms with Crippen molar-refractivity contribution >= 4 is 22.4 Å². The number of thiazole rings is 1. The second kappa shape index (κ2) is 12.4. The van der Waals surface area contributed by atoms with E-state index in [1.807, 2.05) is 26.8 Å². The summed E-state index contributed by atoms with van der Waals surface area (Å²) in [5.74, 6) is 1.26. The van der Waals surface area contributed by atoms with Crippen LogP contribution in [0.3, 0.4) is 0 Å². The van der Waals surface area contributed by atoms with E-state index in [0.717, 1.165) is 58.5 Å². The minimum absolute atomic E-state index is 0.196. The van der Waals surface area contributed by atoms with Crippen LogP contribution < -0.4 is 19.7 Å². The third-order valence-corrected chi connectivity index (χ3v) is 8.56. The summed E-state index contributed by atoms with van der Waals surface area (Å²) in [6.45, 7) is 11.3. The number of piperidine rings is 1. The van der Waals surface area contributed by atoms with Gasteiger partial charge in [0.15, 0.2) is 5.13 Å². The number of ether oxygens (including phenoxy) is 4. The number of methoxy groups -OCH3 is 2. The Morgan fingerprint density at radius 1 is 1.22 bits per heavy atom. The van der Waals surface area contributed by atoms with Gasteiger partial charge in [0, 0.05) is 43.3 Å². The molecule has 0 bridgehead atoms. The SMILES string of the molecule is COc1cc(COc2c(C)cccc2-c2csc(N3CC[C@@H](C(=O)OC(C)(C)C)[C@@H](OC)C3)n2)cc2c1CNCC2. The molecule has 0 unspecified atom stereocenters. The van der Waals surface area contributed by atoms with E-state index in [2.05, 4.69) is 46.8 Å². The molecule has 3 heterocycles. The van der Waals surface area contributed by atoms with Crippen molar-refractivity contribution < 1.29 is 23.7 Å². The fourth-order valence-corrected chi connectivity index (χ4v) is 6.47. The van der Waals surface area contributed by atoms with Gasteiger partial charge in [-0.15, -0.1) is 11.3 Å². The van der Waals surface area contributed by atoms with Crippen LogP contribution in [0.5, 0.6) is 11.5 Å². The monoisotopic (exact) mass is 579 g/mol. The van der Waals surface area contributed by atoms with Gasteiger partial charge in [-0.2, -0.15) is 0 Å². The molecule has 5 rings (SSSR count). The van der Waals surface area contributed by atoms with Crippen molar-refractivity contribution in [2.24, 2.45) is 5.92 Å². The summed E-state index contributed by atoms with van der Waals surface area (Å²) < 4.78 is 23.6. The summed E-state index contributed by atoms with van der Waals surface area (Å²) in [4.78, 5) is 20.0. The lowest BCUT2D eigenvalue weighted by atomic mass is 9.93. The Balaban J connectivity index is 1.32. The second-order valence-corrected chi connectivity index (χ2v) is 12.6. The lowest BCUT2D eigenvalue weighted by Gasteiger charge is -2.37. The summed E-state index contributed by atoms with van der Waals surface area (Å²) in [5, 5.41) is 6.41. The molecule has 8 nitrogen and oxygen atoms in total. The lowest BCUT2D eigenvalue weighted by Crippen LogP contribution is -2.49. The molecule has 41 heavy (non-hydrogen) atoms. The minimum atomic E-state index is -0.520. The smallest absolute Gasteiger partial charge is 0.312 e. The molecule has 2 aliphatic rings. The molecule has 1 N–H and O–H groups in total. The zero-order valence-electron chi connectivity index (χ0n) is 24.9. The van der Waals surface area contributed by atoms with Crippen LogP contribution in [0.2, 0.25) is 0 Å². The fourth-order valence-electron chi connectivity index (χ4n) is 5.60. The van der Waals surface area contributed by atoms with Gasteiger partial charge < -0.3 is 29.2 Å². The van der Waals surface area contributed by atoms with Gasteiger partial charge in [0.05, 0.1) is 24.8 Å². The summed E-state index contributed by atoms with van der Waals surface area (Å²) in [6.07, 6.45) is 1.38. The summed E-state index contributed by atoms with van der Waals surface area (Å²) >= 11 is 1.60. The van der Waals surface area contributed by atoms with Crippen molar-refractivity contribution in [2.45, 2.75) is 65.4 Å². The molecule has 9 heteroatoms. The van der Waals surface area contributed by atoms with Crippen LogP contribution in [0.15, 0.2) is 35.7 Å². The Bertz CT molecular complexity index is 1360. The topological polar surface area (TPSA) is 82.2 Å². The third kappa shape index (κ3) is 6.68. The first-order valence-corrected chi connectivity index (χ1v) is 15.1. The number of hydrogen-bond acceptors (Lipinski definition) is 9. The zero-order chi connectivity index (χ0) is 29.1. The largest absolute Gasteiger partial charge is 0.496 e. The Hall–Kier alpha value is -3.14. The third-order valence-electron chi connectivity index (χ3n) is 7.66. The Morgan fingerprint density at radius 2 is 2.05 bits per heavy atom. The van der Waals surface area contributed by atoms with E-state index < -0.39 is 5.60 Å². The number of benzene rings is 2. The molecule has 1 fully saturated rings. The quantitative estimate of drug-likeness (QED) is 0.349. The van der Waals surface area contributed by atoms with Crippen molar-refractivity contribution in [3.05, 3.63) is 58.0 Å². The molecule has 2 aliphatic heterocycles. The van der Waals surface area contributed by atoms with Gasteiger partial charge in [-0.05, 0) is 75.9 Å². The van der Waals surface area contributed by atoms with E-state index in [4.69, 9.17) is 23.9 Å².